The number of benzene rings is 2. The van der Waals surface area contributed by atoms with Crippen LogP contribution in [0.2, 0.25) is 0 Å². The fourth-order valence-corrected chi connectivity index (χ4v) is 4.09. The first-order valence-electron chi connectivity index (χ1n) is 6.17. The molecule has 0 radical (unpaired) electrons. The molecule has 21 heavy (non-hydrogen) atoms. The van der Waals surface area contributed by atoms with Crippen LogP contribution in [0.4, 0.5) is 5.69 Å². The zero-order chi connectivity index (χ0) is 15.5. The topological polar surface area (TPSA) is 92.4 Å². The Bertz CT molecular complexity index is 720. The molecule has 2 aromatic rings. The van der Waals surface area contributed by atoms with Gasteiger partial charge in [-0.1, -0.05) is 30.3 Å². The van der Waals surface area contributed by atoms with Crippen LogP contribution in [0.25, 0.3) is 0 Å². The van der Waals surface area contributed by atoms with Gasteiger partial charge in [-0.3, -0.25) is 0 Å². The number of aliphatic hydroxyl groups excluding tert-OH is 1. The number of halogens is 1. The normalized spacial score (nSPS) is 13.0. The Morgan fingerprint density at radius 1 is 1.19 bits per heavy atom. The maximum atomic E-state index is 12.4. The van der Waals surface area contributed by atoms with Crippen molar-refractivity contribution in [3.05, 3.63) is 58.6 Å². The van der Waals surface area contributed by atoms with E-state index in [4.69, 9.17) is 5.73 Å². The lowest BCUT2D eigenvalue weighted by atomic mass is 10.1. The summed E-state index contributed by atoms with van der Waals surface area (Å²) in [7, 11) is -3.81. The van der Waals surface area contributed by atoms with E-state index in [1.807, 2.05) is 6.07 Å². The molecule has 0 bridgehead atoms. The molecule has 2 aromatic carbocycles. The minimum atomic E-state index is -3.81. The van der Waals surface area contributed by atoms with Crippen molar-refractivity contribution in [2.24, 2.45) is 0 Å². The average molecular weight is 371 g/mol. The maximum absolute atomic E-state index is 12.4. The monoisotopic (exact) mass is 370 g/mol. The molecule has 0 saturated carbocycles. The summed E-state index contributed by atoms with van der Waals surface area (Å²) in [6, 6.07) is 12.7. The smallest absolute Gasteiger partial charge is 0.242 e. The summed E-state index contributed by atoms with van der Waals surface area (Å²) in [4.78, 5) is 0.0388. The molecule has 7 heteroatoms. The van der Waals surface area contributed by atoms with Gasteiger partial charge < -0.3 is 10.8 Å². The SMILES string of the molecule is Nc1ccc(Br)c(S(=O)(=O)NC(CO)c2ccccc2)c1. The quantitative estimate of drug-likeness (QED) is 0.702. The van der Waals surface area contributed by atoms with E-state index in [1.165, 1.54) is 6.07 Å². The molecule has 1 unspecified atom stereocenters. The van der Waals surface area contributed by atoms with Gasteiger partial charge in [0.15, 0.2) is 0 Å². The Labute approximate surface area is 132 Å². The third kappa shape index (κ3) is 3.82. The van der Waals surface area contributed by atoms with Crippen molar-refractivity contribution in [2.75, 3.05) is 12.3 Å². The summed E-state index contributed by atoms with van der Waals surface area (Å²) < 4.78 is 27.8. The Morgan fingerprint density at radius 3 is 2.48 bits per heavy atom. The van der Waals surface area contributed by atoms with Gasteiger partial charge in [0.25, 0.3) is 0 Å². The summed E-state index contributed by atoms with van der Waals surface area (Å²) in [5, 5.41) is 9.45. The Balaban J connectivity index is 2.34. The second kappa shape index (κ2) is 6.57. The minimum Gasteiger partial charge on any atom is -0.399 e. The second-order valence-electron chi connectivity index (χ2n) is 4.46. The van der Waals surface area contributed by atoms with E-state index in [-0.39, 0.29) is 11.5 Å². The number of nitrogens with one attached hydrogen (secondary N) is 1. The molecule has 0 spiro atoms. The van der Waals surface area contributed by atoms with Crippen molar-refractivity contribution < 1.29 is 13.5 Å². The largest absolute Gasteiger partial charge is 0.399 e. The molecule has 112 valence electrons. The predicted octanol–water partition coefficient (Wildman–Crippen LogP) is 2.04. The van der Waals surface area contributed by atoms with Crippen molar-refractivity contribution in [3.8, 4) is 0 Å². The highest BCUT2D eigenvalue weighted by molar-refractivity contribution is 9.10. The standard InChI is InChI=1S/C14H15BrN2O3S/c15-12-7-6-11(16)8-14(12)21(19,20)17-13(9-18)10-4-2-1-3-5-10/h1-8,13,17-18H,9,16H2. The lowest BCUT2D eigenvalue weighted by Gasteiger charge is -2.17. The van der Waals surface area contributed by atoms with Gasteiger partial charge in [-0.15, -0.1) is 0 Å². The number of hydrogen-bond donors (Lipinski definition) is 3. The van der Waals surface area contributed by atoms with Gasteiger partial charge in [-0.25, -0.2) is 13.1 Å². The van der Waals surface area contributed by atoms with Crippen LogP contribution in [0.15, 0.2) is 57.9 Å². The van der Waals surface area contributed by atoms with Crippen molar-refractivity contribution in [3.63, 3.8) is 0 Å². The van der Waals surface area contributed by atoms with E-state index < -0.39 is 16.1 Å². The number of aliphatic hydroxyl groups is 1. The molecule has 2 rings (SSSR count). The first-order valence-corrected chi connectivity index (χ1v) is 8.45. The van der Waals surface area contributed by atoms with E-state index in [2.05, 4.69) is 20.7 Å². The fourth-order valence-electron chi connectivity index (χ4n) is 1.87. The molecule has 4 N–H and O–H groups in total. The molecule has 0 aromatic heterocycles. The van der Waals surface area contributed by atoms with E-state index in [1.54, 1.807) is 36.4 Å². The van der Waals surface area contributed by atoms with Gasteiger partial charge in [0.05, 0.1) is 17.5 Å². The van der Waals surface area contributed by atoms with Gasteiger partial charge >= 0.3 is 0 Å². The molecule has 0 saturated heterocycles. The van der Waals surface area contributed by atoms with E-state index in [9.17, 15) is 13.5 Å². The van der Waals surface area contributed by atoms with Crippen LogP contribution in [0.3, 0.4) is 0 Å². The van der Waals surface area contributed by atoms with Crippen LogP contribution in [-0.4, -0.2) is 20.1 Å². The molecule has 0 aliphatic carbocycles. The number of anilines is 1. The highest BCUT2D eigenvalue weighted by atomic mass is 79.9. The number of nitrogen functional groups attached to an aromatic ring is 1. The molecule has 1 atom stereocenters. The van der Waals surface area contributed by atoms with Crippen LogP contribution >= 0.6 is 15.9 Å². The average Bonchev–Trinajstić information content (AvgIpc) is 2.48. The fraction of sp³-hybridized carbons (Fsp3) is 0.143. The van der Waals surface area contributed by atoms with Crippen molar-refractivity contribution in [1.29, 1.82) is 0 Å². The lowest BCUT2D eigenvalue weighted by Crippen LogP contribution is -2.31. The molecular weight excluding hydrogens is 356 g/mol. The lowest BCUT2D eigenvalue weighted by molar-refractivity contribution is 0.259. The predicted molar refractivity (Wildman–Crippen MR) is 85.1 cm³/mol. The number of sulfonamides is 1. The molecule has 0 fully saturated rings. The van der Waals surface area contributed by atoms with Crippen LogP contribution < -0.4 is 10.5 Å². The summed E-state index contributed by atoms with van der Waals surface area (Å²) in [5.41, 5.74) is 6.67. The number of nitrogens with two attached hydrogens (primary N) is 1. The van der Waals surface area contributed by atoms with Gasteiger partial charge in [0.2, 0.25) is 10.0 Å². The number of rotatable bonds is 5. The van der Waals surface area contributed by atoms with Gasteiger partial charge in [-0.2, -0.15) is 0 Å². The van der Waals surface area contributed by atoms with Crippen LogP contribution in [0.5, 0.6) is 0 Å². The zero-order valence-corrected chi connectivity index (χ0v) is 13.4. The van der Waals surface area contributed by atoms with Crippen molar-refractivity contribution in [1.82, 2.24) is 4.72 Å². The van der Waals surface area contributed by atoms with Crippen LogP contribution in [0.1, 0.15) is 11.6 Å². The molecule has 0 aliphatic rings. The van der Waals surface area contributed by atoms with Gasteiger partial charge in [-0.05, 0) is 39.7 Å². The first-order chi connectivity index (χ1) is 9.94. The molecule has 0 aliphatic heterocycles. The summed E-state index contributed by atoms with van der Waals surface area (Å²) in [6.45, 7) is -0.344. The minimum absolute atomic E-state index is 0.0388. The summed E-state index contributed by atoms with van der Waals surface area (Å²) >= 11 is 3.20. The van der Waals surface area contributed by atoms with Crippen LogP contribution in [0, 0.1) is 0 Å². The van der Waals surface area contributed by atoms with E-state index in [0.29, 0.717) is 15.7 Å². The van der Waals surface area contributed by atoms with Gasteiger partial charge in [0, 0.05) is 10.2 Å². The first kappa shape index (κ1) is 16.0. The van der Waals surface area contributed by atoms with E-state index in [0.717, 1.165) is 0 Å². The van der Waals surface area contributed by atoms with Gasteiger partial charge in [0.1, 0.15) is 0 Å². The highest BCUT2D eigenvalue weighted by Gasteiger charge is 2.23. The Hall–Kier alpha value is -1.41. The van der Waals surface area contributed by atoms with Crippen LogP contribution in [-0.2, 0) is 10.0 Å². The Kier molecular flexibility index (Phi) is 5.00. The van der Waals surface area contributed by atoms with Crippen molar-refractivity contribution in [2.45, 2.75) is 10.9 Å². The second-order valence-corrected chi connectivity index (χ2v) is 6.99. The highest BCUT2D eigenvalue weighted by Crippen LogP contribution is 2.25. The maximum Gasteiger partial charge on any atom is 0.242 e. The van der Waals surface area contributed by atoms with Crippen molar-refractivity contribution >= 4 is 31.6 Å². The molecular formula is C14H15BrN2O3S. The summed E-state index contributed by atoms with van der Waals surface area (Å²) in [6.07, 6.45) is 0. The summed E-state index contributed by atoms with van der Waals surface area (Å²) in [5.74, 6) is 0. The number of hydrogen-bond acceptors (Lipinski definition) is 4. The molecule has 0 amide bonds. The molecule has 0 heterocycles. The Morgan fingerprint density at radius 2 is 1.86 bits per heavy atom. The molecule has 5 nitrogen and oxygen atoms in total. The van der Waals surface area contributed by atoms with E-state index >= 15 is 0 Å². The third-order valence-electron chi connectivity index (χ3n) is 2.93. The zero-order valence-electron chi connectivity index (χ0n) is 11.0. The third-order valence-corrected chi connectivity index (χ3v) is 5.39.